The second kappa shape index (κ2) is 35.0. The predicted molar refractivity (Wildman–Crippen MR) is 249 cm³/mol. The van der Waals surface area contributed by atoms with Gasteiger partial charge in [0, 0.05) is 5.88 Å². The Balaban J connectivity index is 1.23. The zero-order chi connectivity index (χ0) is 41.0. The zero-order valence-corrected chi connectivity index (χ0v) is 38.0. The molecule has 0 heterocycles. The molecule has 0 N–H and O–H groups in total. The van der Waals surface area contributed by atoms with Crippen LogP contribution >= 0.6 is 11.6 Å². The van der Waals surface area contributed by atoms with Gasteiger partial charge in [-0.1, -0.05) is 211 Å². The van der Waals surface area contributed by atoms with Crippen molar-refractivity contribution in [1.29, 1.82) is 0 Å². The molecule has 0 radical (unpaired) electrons. The maximum atomic E-state index is 6.28. The van der Waals surface area contributed by atoms with Gasteiger partial charge in [0.05, 0.1) is 13.2 Å². The van der Waals surface area contributed by atoms with Crippen molar-refractivity contribution < 1.29 is 18.9 Å². The molecular formula is C53H83ClO4. The van der Waals surface area contributed by atoms with Gasteiger partial charge < -0.3 is 18.9 Å². The monoisotopic (exact) mass is 819 g/mol. The van der Waals surface area contributed by atoms with Gasteiger partial charge in [-0.3, -0.25) is 0 Å². The van der Waals surface area contributed by atoms with E-state index < -0.39 is 0 Å². The summed E-state index contributed by atoms with van der Waals surface area (Å²) >= 11 is 6.18. The number of halogens is 1. The third kappa shape index (κ3) is 24.9. The summed E-state index contributed by atoms with van der Waals surface area (Å²) in [5, 5.41) is 0. The Labute approximate surface area is 361 Å². The van der Waals surface area contributed by atoms with Crippen LogP contribution in [0.1, 0.15) is 210 Å². The molecule has 0 bridgehead atoms. The Morgan fingerprint density at radius 1 is 0.328 bits per heavy atom. The van der Waals surface area contributed by atoms with Crippen LogP contribution in [0.5, 0.6) is 23.0 Å². The van der Waals surface area contributed by atoms with E-state index in [-0.39, 0.29) is 0 Å². The van der Waals surface area contributed by atoms with Crippen molar-refractivity contribution in [2.24, 2.45) is 0 Å². The summed E-state index contributed by atoms with van der Waals surface area (Å²) in [6.07, 6.45) is 38.2. The van der Waals surface area contributed by atoms with Crippen molar-refractivity contribution >= 4 is 11.6 Å². The number of ether oxygens (including phenoxy) is 4. The maximum Gasteiger partial charge on any atom is 0.162 e. The molecule has 58 heavy (non-hydrogen) atoms. The molecule has 4 nitrogen and oxygen atoms in total. The summed E-state index contributed by atoms with van der Waals surface area (Å²) < 4.78 is 24.6. The van der Waals surface area contributed by atoms with Crippen molar-refractivity contribution in [3.05, 3.63) is 83.4 Å². The fourth-order valence-corrected chi connectivity index (χ4v) is 7.69. The molecule has 0 aliphatic carbocycles. The molecule has 0 amide bonds. The maximum absolute atomic E-state index is 6.28. The number of alkyl halides is 1. The van der Waals surface area contributed by atoms with Crippen LogP contribution in [0, 0.1) is 0 Å². The molecule has 3 rings (SSSR count). The van der Waals surface area contributed by atoms with E-state index in [1.807, 2.05) is 42.5 Å². The molecule has 0 unspecified atom stereocenters. The highest BCUT2D eigenvalue weighted by atomic mass is 35.5. The summed E-state index contributed by atoms with van der Waals surface area (Å²) in [6, 6.07) is 22.4. The Morgan fingerprint density at radius 3 is 0.983 bits per heavy atom. The number of hydrogen-bond acceptors (Lipinski definition) is 4. The lowest BCUT2D eigenvalue weighted by Gasteiger charge is -2.15. The topological polar surface area (TPSA) is 36.9 Å². The lowest BCUT2D eigenvalue weighted by Crippen LogP contribution is -2.02. The van der Waals surface area contributed by atoms with Gasteiger partial charge in [-0.05, 0) is 65.9 Å². The molecule has 5 heteroatoms. The molecule has 0 saturated carbocycles. The second-order valence-corrected chi connectivity index (χ2v) is 16.9. The van der Waals surface area contributed by atoms with Crippen LogP contribution in [0.15, 0.2) is 66.7 Å². The lowest BCUT2D eigenvalue weighted by molar-refractivity contribution is 0.255. The van der Waals surface area contributed by atoms with E-state index in [1.165, 1.54) is 167 Å². The third-order valence-electron chi connectivity index (χ3n) is 11.3. The van der Waals surface area contributed by atoms with E-state index in [0.29, 0.717) is 30.6 Å². The van der Waals surface area contributed by atoms with Crippen molar-refractivity contribution in [3.63, 3.8) is 0 Å². The van der Waals surface area contributed by atoms with Gasteiger partial charge in [0.1, 0.15) is 24.7 Å². The fourth-order valence-electron chi connectivity index (χ4n) is 7.53. The minimum Gasteiger partial charge on any atom is -0.494 e. The summed E-state index contributed by atoms with van der Waals surface area (Å²) in [4.78, 5) is 0. The first-order valence-corrected chi connectivity index (χ1v) is 24.6. The van der Waals surface area contributed by atoms with E-state index >= 15 is 0 Å². The summed E-state index contributed by atoms with van der Waals surface area (Å²) in [5.41, 5.74) is 3.16. The largest absolute Gasteiger partial charge is 0.494 e. The minimum absolute atomic E-state index is 0.419. The predicted octanol–water partition coefficient (Wildman–Crippen LogP) is 17.3. The Kier molecular flexibility index (Phi) is 29.8. The molecule has 0 saturated heterocycles. The van der Waals surface area contributed by atoms with E-state index in [1.54, 1.807) is 0 Å². The van der Waals surface area contributed by atoms with Crippen LogP contribution in [0.25, 0.3) is 0 Å². The molecule has 0 aliphatic rings. The lowest BCUT2D eigenvalue weighted by atomic mass is 10.0. The Hall–Kier alpha value is -2.85. The molecular weight excluding hydrogens is 736 g/mol. The van der Waals surface area contributed by atoms with Gasteiger partial charge >= 0.3 is 0 Å². The van der Waals surface area contributed by atoms with Crippen LogP contribution in [-0.2, 0) is 19.1 Å². The van der Waals surface area contributed by atoms with Gasteiger partial charge in [-0.25, -0.2) is 0 Å². The standard InChI is InChI=1S/C53H83ClO4/c1-3-5-7-9-11-13-15-17-19-21-23-25-27-29-41-55-50-36-31-47(32-37-50)45-57-52-40-35-49(44-54)43-53(52)58-46-48-33-38-51(39-34-48)56-42-30-28-26-24-22-20-18-16-14-12-10-8-6-4-2/h31-40,43H,3-30,41-42,44-46H2,1-2H3. The zero-order valence-electron chi connectivity index (χ0n) is 37.2. The van der Waals surface area contributed by atoms with Gasteiger partial charge in [0.2, 0.25) is 0 Å². The van der Waals surface area contributed by atoms with Crippen LogP contribution in [-0.4, -0.2) is 13.2 Å². The average molecular weight is 820 g/mol. The number of hydrogen-bond donors (Lipinski definition) is 0. The Morgan fingerprint density at radius 2 is 0.638 bits per heavy atom. The molecule has 0 spiro atoms. The molecule has 0 aromatic heterocycles. The average Bonchev–Trinajstić information content (AvgIpc) is 3.25. The van der Waals surface area contributed by atoms with E-state index in [9.17, 15) is 0 Å². The minimum atomic E-state index is 0.419. The van der Waals surface area contributed by atoms with E-state index in [0.717, 1.165) is 54.2 Å². The number of rotatable bonds is 39. The van der Waals surface area contributed by atoms with Crippen LogP contribution in [0.2, 0.25) is 0 Å². The molecule has 3 aromatic rings. The normalized spacial score (nSPS) is 11.2. The van der Waals surface area contributed by atoms with Crippen molar-refractivity contribution in [3.8, 4) is 23.0 Å². The third-order valence-corrected chi connectivity index (χ3v) is 11.6. The summed E-state index contributed by atoms with van der Waals surface area (Å²) in [5.74, 6) is 3.66. The molecule has 3 aromatic carbocycles. The molecule has 326 valence electrons. The molecule has 0 aliphatic heterocycles. The number of benzene rings is 3. The van der Waals surface area contributed by atoms with Crippen LogP contribution in [0.4, 0.5) is 0 Å². The van der Waals surface area contributed by atoms with Crippen molar-refractivity contribution in [1.82, 2.24) is 0 Å². The Bertz CT molecular complexity index is 1360. The second-order valence-electron chi connectivity index (χ2n) is 16.7. The van der Waals surface area contributed by atoms with Gasteiger partial charge in [-0.2, -0.15) is 0 Å². The first-order chi connectivity index (χ1) is 28.7. The van der Waals surface area contributed by atoms with E-state index in [2.05, 4.69) is 38.1 Å². The van der Waals surface area contributed by atoms with Gasteiger partial charge in [-0.15, -0.1) is 11.6 Å². The summed E-state index contributed by atoms with van der Waals surface area (Å²) in [7, 11) is 0. The molecule has 0 fully saturated rings. The fraction of sp³-hybridized carbons (Fsp3) is 0.660. The quantitative estimate of drug-likeness (QED) is 0.0424. The van der Waals surface area contributed by atoms with Gasteiger partial charge in [0.15, 0.2) is 11.5 Å². The van der Waals surface area contributed by atoms with Crippen molar-refractivity contribution in [2.45, 2.75) is 213 Å². The summed E-state index contributed by atoms with van der Waals surface area (Å²) in [6.45, 7) is 7.01. The van der Waals surface area contributed by atoms with Crippen LogP contribution in [0.3, 0.4) is 0 Å². The highest BCUT2D eigenvalue weighted by Gasteiger charge is 2.09. The van der Waals surface area contributed by atoms with Crippen molar-refractivity contribution in [2.75, 3.05) is 13.2 Å². The highest BCUT2D eigenvalue weighted by Crippen LogP contribution is 2.31. The van der Waals surface area contributed by atoms with E-state index in [4.69, 9.17) is 30.5 Å². The first kappa shape index (κ1) is 49.5. The van der Waals surface area contributed by atoms with Crippen LogP contribution < -0.4 is 18.9 Å². The SMILES string of the molecule is CCCCCCCCCCCCCCCCOc1ccc(COc2ccc(CCl)cc2OCc2ccc(OCCCCCCCCCCCCCCCC)cc2)cc1. The van der Waals surface area contributed by atoms with Gasteiger partial charge in [0.25, 0.3) is 0 Å². The smallest absolute Gasteiger partial charge is 0.162 e. The number of unbranched alkanes of at least 4 members (excludes halogenated alkanes) is 26. The molecule has 0 atom stereocenters. The highest BCUT2D eigenvalue weighted by molar-refractivity contribution is 6.17. The first-order valence-electron chi connectivity index (χ1n) is 24.1.